The Balaban J connectivity index is 1.72. The Morgan fingerprint density at radius 1 is 1.00 bits per heavy atom. The van der Waals surface area contributed by atoms with Gasteiger partial charge in [-0.1, -0.05) is 18.2 Å². The van der Waals surface area contributed by atoms with Crippen molar-refractivity contribution in [2.75, 3.05) is 31.1 Å². The molecule has 0 saturated carbocycles. The maximum absolute atomic E-state index is 12.5. The summed E-state index contributed by atoms with van der Waals surface area (Å²) in [7, 11) is -3.46. The Bertz CT molecular complexity index is 683. The molecule has 3 rings (SSSR count). The van der Waals surface area contributed by atoms with Crippen molar-refractivity contribution >= 4 is 16.0 Å². The first-order chi connectivity index (χ1) is 10.2. The highest BCUT2D eigenvalue weighted by atomic mass is 32.2. The first-order valence-electron chi connectivity index (χ1n) is 6.67. The molecule has 0 unspecified atom stereocenters. The molecule has 0 amide bonds. The molecule has 6 nitrogen and oxygen atoms in total. The smallest absolute Gasteiger partial charge is 0.243 e. The average molecular weight is 303 g/mol. The van der Waals surface area contributed by atoms with E-state index in [0.29, 0.717) is 32.1 Å². The minimum atomic E-state index is -3.46. The molecule has 1 aliphatic heterocycles. The lowest BCUT2D eigenvalue weighted by Crippen LogP contribution is -2.49. The molecule has 1 radical (unpaired) electrons. The van der Waals surface area contributed by atoms with Crippen LogP contribution in [0.4, 0.5) is 5.95 Å². The number of benzene rings is 1. The lowest BCUT2D eigenvalue weighted by molar-refractivity contribution is 0.382. The molecule has 1 saturated heterocycles. The van der Waals surface area contributed by atoms with Crippen molar-refractivity contribution in [2.45, 2.75) is 4.90 Å². The number of hydrogen-bond donors (Lipinski definition) is 0. The fourth-order valence-corrected chi connectivity index (χ4v) is 3.65. The Kier molecular flexibility index (Phi) is 3.85. The van der Waals surface area contributed by atoms with Gasteiger partial charge in [-0.3, -0.25) is 0 Å². The Morgan fingerprint density at radius 3 is 2.33 bits per heavy atom. The molecule has 1 aromatic heterocycles. The molecule has 0 atom stereocenters. The molecule has 7 heteroatoms. The minimum absolute atomic E-state index is 0.217. The average Bonchev–Trinajstić information content (AvgIpc) is 2.57. The number of anilines is 1. The molecule has 2 aromatic rings. The number of piperazine rings is 1. The van der Waals surface area contributed by atoms with Gasteiger partial charge in [0.05, 0.1) is 4.90 Å². The summed E-state index contributed by atoms with van der Waals surface area (Å²) in [6, 6.07) is 11.2. The number of nitrogens with zero attached hydrogens (tertiary/aromatic N) is 4. The van der Waals surface area contributed by atoms with Crippen LogP contribution in [0, 0.1) is 6.07 Å². The highest BCUT2D eigenvalue weighted by Gasteiger charge is 2.29. The molecule has 21 heavy (non-hydrogen) atoms. The fraction of sp³-hybridized carbons (Fsp3) is 0.286. The molecule has 1 fully saturated rings. The van der Waals surface area contributed by atoms with E-state index in [1.54, 1.807) is 42.7 Å². The summed E-state index contributed by atoms with van der Waals surface area (Å²) in [4.78, 5) is 10.6. The number of sulfonamides is 1. The van der Waals surface area contributed by atoms with Gasteiger partial charge in [-0.05, 0) is 12.1 Å². The zero-order valence-corrected chi connectivity index (χ0v) is 12.2. The standard InChI is InChI=1S/C14H15N4O2S/c19-21(20,13-5-2-1-3-6-13)18-11-9-17(10-12-18)14-15-7-4-8-16-14/h1-5,7-8H,9-12H2. The summed E-state index contributed by atoms with van der Waals surface area (Å²) < 4.78 is 26.4. The van der Waals surface area contributed by atoms with Crippen LogP contribution >= 0.6 is 0 Å². The van der Waals surface area contributed by atoms with Gasteiger partial charge in [0.25, 0.3) is 0 Å². The molecule has 109 valence electrons. The highest BCUT2D eigenvalue weighted by Crippen LogP contribution is 2.18. The second-order valence-corrected chi connectivity index (χ2v) is 6.57. The van der Waals surface area contributed by atoms with Gasteiger partial charge in [0, 0.05) is 44.6 Å². The van der Waals surface area contributed by atoms with Gasteiger partial charge in [0.1, 0.15) is 0 Å². The molecule has 1 aromatic carbocycles. The summed E-state index contributed by atoms with van der Waals surface area (Å²) in [5, 5.41) is 0. The first kappa shape index (κ1) is 14.0. The molecule has 0 spiro atoms. The third-order valence-corrected chi connectivity index (χ3v) is 5.23. The van der Waals surface area contributed by atoms with Crippen LogP contribution in [0.2, 0.25) is 0 Å². The highest BCUT2D eigenvalue weighted by molar-refractivity contribution is 7.89. The van der Waals surface area contributed by atoms with Gasteiger partial charge in [-0.25, -0.2) is 18.4 Å². The van der Waals surface area contributed by atoms with Gasteiger partial charge in [-0.2, -0.15) is 4.31 Å². The fourth-order valence-electron chi connectivity index (χ4n) is 2.26. The maximum Gasteiger partial charge on any atom is 0.243 e. The van der Waals surface area contributed by atoms with Crippen molar-refractivity contribution in [2.24, 2.45) is 0 Å². The van der Waals surface area contributed by atoms with Gasteiger partial charge in [-0.15, -0.1) is 0 Å². The molecule has 0 bridgehead atoms. The van der Waals surface area contributed by atoms with Gasteiger partial charge < -0.3 is 4.90 Å². The van der Waals surface area contributed by atoms with Crippen molar-refractivity contribution in [1.29, 1.82) is 0 Å². The van der Waals surface area contributed by atoms with E-state index in [1.807, 2.05) is 4.90 Å². The van der Waals surface area contributed by atoms with Crippen LogP contribution < -0.4 is 4.90 Å². The van der Waals surface area contributed by atoms with Crippen LogP contribution in [-0.4, -0.2) is 48.9 Å². The number of hydrogen-bond acceptors (Lipinski definition) is 5. The van der Waals surface area contributed by atoms with Crippen molar-refractivity contribution in [3.05, 3.63) is 48.8 Å². The third kappa shape index (κ3) is 2.88. The SMILES string of the molecule is O=S(=O)(c1[c]cccc1)N1CCN(c2ncccn2)CC1. The van der Waals surface area contributed by atoms with E-state index in [1.165, 1.54) is 4.31 Å². The van der Waals surface area contributed by atoms with Gasteiger partial charge >= 0.3 is 0 Å². The zero-order valence-electron chi connectivity index (χ0n) is 11.4. The molecule has 0 aliphatic carbocycles. The van der Waals surface area contributed by atoms with E-state index in [9.17, 15) is 8.42 Å². The predicted octanol–water partition coefficient (Wildman–Crippen LogP) is 0.788. The lowest BCUT2D eigenvalue weighted by Gasteiger charge is -2.33. The van der Waals surface area contributed by atoms with Crippen LogP contribution in [0.25, 0.3) is 0 Å². The maximum atomic E-state index is 12.5. The number of rotatable bonds is 3. The third-order valence-electron chi connectivity index (χ3n) is 3.37. The van der Waals surface area contributed by atoms with Crippen LogP contribution in [0.1, 0.15) is 0 Å². The summed E-state index contributed by atoms with van der Waals surface area (Å²) in [5.74, 6) is 0.640. The molecule has 2 heterocycles. The molecular formula is C14H15N4O2S. The monoisotopic (exact) mass is 303 g/mol. The van der Waals surface area contributed by atoms with Crippen molar-refractivity contribution < 1.29 is 8.42 Å². The number of aromatic nitrogens is 2. The first-order valence-corrected chi connectivity index (χ1v) is 8.11. The van der Waals surface area contributed by atoms with E-state index >= 15 is 0 Å². The zero-order chi connectivity index (χ0) is 14.7. The topological polar surface area (TPSA) is 66.4 Å². The largest absolute Gasteiger partial charge is 0.338 e. The van der Waals surface area contributed by atoms with E-state index in [4.69, 9.17) is 0 Å². The summed E-state index contributed by atoms with van der Waals surface area (Å²) in [5.41, 5.74) is 0. The molecule has 0 N–H and O–H groups in total. The van der Waals surface area contributed by atoms with Crippen LogP contribution in [-0.2, 0) is 10.0 Å². The minimum Gasteiger partial charge on any atom is -0.338 e. The predicted molar refractivity (Wildman–Crippen MR) is 78.3 cm³/mol. The van der Waals surface area contributed by atoms with Crippen molar-refractivity contribution in [3.8, 4) is 0 Å². The van der Waals surface area contributed by atoms with Gasteiger partial charge in [0.2, 0.25) is 16.0 Å². The van der Waals surface area contributed by atoms with E-state index in [-0.39, 0.29) is 4.90 Å². The molecule has 1 aliphatic rings. The van der Waals surface area contributed by atoms with E-state index in [2.05, 4.69) is 16.0 Å². The van der Waals surface area contributed by atoms with Crippen LogP contribution in [0.5, 0.6) is 0 Å². The second-order valence-electron chi connectivity index (χ2n) is 4.67. The Labute approximate surface area is 124 Å². The normalized spacial score (nSPS) is 16.9. The van der Waals surface area contributed by atoms with Crippen molar-refractivity contribution in [1.82, 2.24) is 14.3 Å². The summed E-state index contributed by atoms with van der Waals surface area (Å²) >= 11 is 0. The Hall–Kier alpha value is -1.99. The quantitative estimate of drug-likeness (QED) is 0.838. The Morgan fingerprint density at radius 2 is 1.71 bits per heavy atom. The molecular weight excluding hydrogens is 288 g/mol. The lowest BCUT2D eigenvalue weighted by atomic mass is 10.4. The second kappa shape index (κ2) is 5.79. The van der Waals surface area contributed by atoms with E-state index < -0.39 is 10.0 Å². The van der Waals surface area contributed by atoms with E-state index in [0.717, 1.165) is 0 Å². The van der Waals surface area contributed by atoms with Crippen molar-refractivity contribution in [3.63, 3.8) is 0 Å². The summed E-state index contributed by atoms with van der Waals surface area (Å²) in [6.45, 7) is 2.00. The van der Waals surface area contributed by atoms with Gasteiger partial charge in [0.15, 0.2) is 0 Å². The van der Waals surface area contributed by atoms with Crippen LogP contribution in [0.15, 0.2) is 47.6 Å². The van der Waals surface area contributed by atoms with Crippen LogP contribution in [0.3, 0.4) is 0 Å². The summed E-state index contributed by atoms with van der Waals surface area (Å²) in [6.07, 6.45) is 3.37.